The van der Waals surface area contributed by atoms with E-state index in [0.29, 0.717) is 32.1 Å². The molecule has 7 nitrogen and oxygen atoms in total. The first-order valence-corrected chi connectivity index (χ1v) is 9.85. The number of methoxy groups -OCH3 is 1. The normalized spacial score (nSPS) is 24.5. The fraction of sp³-hybridized carbons (Fsp3) is 0.368. The lowest BCUT2D eigenvalue weighted by molar-refractivity contribution is -0.339. The Labute approximate surface area is 172 Å². The van der Waals surface area contributed by atoms with Crippen LogP contribution < -0.4 is 0 Å². The van der Waals surface area contributed by atoms with E-state index in [2.05, 4.69) is 20.1 Å². The first kappa shape index (κ1) is 19.3. The standard InChI is InChI=1S/C19H16F3N5O2S/c1-27-7-12-3-10(5-24-15(12)26-27)14-23-6-11-4-13(30-16(11)25-14)17(28)8-18(9-17,29-2)19(20,21)22/h3-7,28H,8-9H2,1-2H3. The molecule has 1 N–H and O–H groups in total. The van der Waals surface area contributed by atoms with Gasteiger partial charge in [0.25, 0.3) is 0 Å². The highest BCUT2D eigenvalue weighted by atomic mass is 32.1. The Bertz CT molecular complexity index is 1280. The number of thiophene rings is 1. The lowest BCUT2D eigenvalue weighted by Crippen LogP contribution is -2.63. The van der Waals surface area contributed by atoms with Gasteiger partial charge in [0, 0.05) is 66.8 Å². The van der Waals surface area contributed by atoms with Crippen molar-refractivity contribution in [2.24, 2.45) is 7.05 Å². The van der Waals surface area contributed by atoms with Crippen molar-refractivity contribution in [2.45, 2.75) is 30.2 Å². The minimum Gasteiger partial charge on any atom is -0.384 e. The van der Waals surface area contributed by atoms with Crippen molar-refractivity contribution in [3.8, 4) is 11.4 Å². The van der Waals surface area contributed by atoms with Crippen LogP contribution in [-0.4, -0.2) is 48.7 Å². The largest absolute Gasteiger partial charge is 0.417 e. The number of nitrogens with zero attached hydrogens (tertiary/aromatic N) is 5. The van der Waals surface area contributed by atoms with Gasteiger partial charge in [-0.15, -0.1) is 11.3 Å². The van der Waals surface area contributed by atoms with Crippen LogP contribution in [0.15, 0.2) is 30.7 Å². The molecule has 1 fully saturated rings. The van der Waals surface area contributed by atoms with Crippen LogP contribution in [0.5, 0.6) is 0 Å². The second kappa shape index (κ2) is 6.19. The molecule has 4 aromatic rings. The minimum absolute atomic E-state index is 0.418. The Balaban J connectivity index is 1.48. The number of hydrogen-bond acceptors (Lipinski definition) is 7. The number of fused-ring (bicyclic) bond motifs is 2. The first-order valence-electron chi connectivity index (χ1n) is 9.04. The van der Waals surface area contributed by atoms with Gasteiger partial charge in [0.15, 0.2) is 17.1 Å². The zero-order chi connectivity index (χ0) is 21.3. The second-order valence-corrected chi connectivity index (χ2v) is 8.62. The van der Waals surface area contributed by atoms with E-state index in [9.17, 15) is 18.3 Å². The highest BCUT2D eigenvalue weighted by molar-refractivity contribution is 7.18. The van der Waals surface area contributed by atoms with Gasteiger partial charge in [-0.2, -0.15) is 18.3 Å². The third-order valence-electron chi connectivity index (χ3n) is 5.53. The maximum atomic E-state index is 13.3. The monoisotopic (exact) mass is 435 g/mol. The number of rotatable bonds is 3. The molecule has 0 saturated heterocycles. The minimum atomic E-state index is -4.55. The van der Waals surface area contributed by atoms with Crippen molar-refractivity contribution >= 4 is 32.6 Å². The Kier molecular flexibility index (Phi) is 3.99. The molecule has 0 aliphatic heterocycles. The Hall–Kier alpha value is -2.63. The maximum Gasteiger partial charge on any atom is 0.417 e. The van der Waals surface area contributed by atoms with E-state index in [0.717, 1.165) is 23.8 Å². The molecule has 0 radical (unpaired) electrons. The number of aromatic nitrogens is 5. The van der Waals surface area contributed by atoms with Crippen LogP contribution in [-0.2, 0) is 17.4 Å². The molecule has 0 atom stereocenters. The van der Waals surface area contributed by atoms with Crippen LogP contribution >= 0.6 is 11.3 Å². The quantitative estimate of drug-likeness (QED) is 0.530. The van der Waals surface area contributed by atoms with Gasteiger partial charge in [-0.1, -0.05) is 0 Å². The third kappa shape index (κ3) is 2.80. The van der Waals surface area contributed by atoms with Gasteiger partial charge < -0.3 is 9.84 Å². The molecular weight excluding hydrogens is 419 g/mol. The summed E-state index contributed by atoms with van der Waals surface area (Å²) in [6, 6.07) is 3.52. The van der Waals surface area contributed by atoms with E-state index in [1.807, 2.05) is 12.3 Å². The van der Waals surface area contributed by atoms with Gasteiger partial charge in [0.05, 0.1) is 0 Å². The van der Waals surface area contributed by atoms with E-state index < -0.39 is 30.2 Å². The van der Waals surface area contributed by atoms with E-state index in [1.165, 1.54) is 0 Å². The van der Waals surface area contributed by atoms with E-state index in [-0.39, 0.29) is 0 Å². The Morgan fingerprint density at radius 3 is 2.63 bits per heavy atom. The molecule has 1 aliphatic rings. The molecule has 0 spiro atoms. The molecule has 1 aliphatic carbocycles. The van der Waals surface area contributed by atoms with Crippen LogP contribution in [0.25, 0.3) is 32.6 Å². The third-order valence-corrected chi connectivity index (χ3v) is 6.77. The molecule has 156 valence electrons. The summed E-state index contributed by atoms with van der Waals surface area (Å²) < 4.78 is 46.3. The summed E-state index contributed by atoms with van der Waals surface area (Å²) in [5.74, 6) is 0.441. The number of alkyl halides is 3. The molecule has 0 bridgehead atoms. The van der Waals surface area contributed by atoms with Crippen molar-refractivity contribution < 1.29 is 23.0 Å². The SMILES string of the molecule is COC1(C(F)(F)F)CC(O)(c2cc3cnc(-c4cnc5nn(C)cc5c4)nc3s2)C1. The van der Waals surface area contributed by atoms with Gasteiger partial charge in [0.1, 0.15) is 10.4 Å². The van der Waals surface area contributed by atoms with Crippen LogP contribution in [0, 0.1) is 0 Å². The number of aryl methyl sites for hydroxylation is 1. The Morgan fingerprint density at radius 1 is 1.17 bits per heavy atom. The van der Waals surface area contributed by atoms with Crippen molar-refractivity contribution in [3.05, 3.63) is 35.6 Å². The molecule has 30 heavy (non-hydrogen) atoms. The molecule has 0 amide bonds. The van der Waals surface area contributed by atoms with Gasteiger partial charge in [0.2, 0.25) is 0 Å². The average Bonchev–Trinajstić information content (AvgIpc) is 3.25. The number of hydrogen-bond donors (Lipinski definition) is 1. The average molecular weight is 435 g/mol. The summed E-state index contributed by atoms with van der Waals surface area (Å²) in [6.45, 7) is 0. The molecule has 1 saturated carbocycles. The number of aliphatic hydroxyl groups is 1. The summed E-state index contributed by atoms with van der Waals surface area (Å²) in [5.41, 5.74) is -2.61. The summed E-state index contributed by atoms with van der Waals surface area (Å²) in [5, 5.41) is 16.5. The molecule has 0 unspecified atom stereocenters. The van der Waals surface area contributed by atoms with E-state index in [4.69, 9.17) is 4.74 Å². The van der Waals surface area contributed by atoms with E-state index >= 15 is 0 Å². The van der Waals surface area contributed by atoms with Crippen molar-refractivity contribution in [3.63, 3.8) is 0 Å². The van der Waals surface area contributed by atoms with Crippen LogP contribution in [0.3, 0.4) is 0 Å². The lowest BCUT2D eigenvalue weighted by atomic mass is 9.66. The van der Waals surface area contributed by atoms with E-state index in [1.54, 1.807) is 30.2 Å². The van der Waals surface area contributed by atoms with Gasteiger partial charge in [-0.3, -0.25) is 4.68 Å². The fourth-order valence-electron chi connectivity index (χ4n) is 3.88. The van der Waals surface area contributed by atoms with Gasteiger partial charge in [-0.25, -0.2) is 15.0 Å². The molecule has 11 heteroatoms. The maximum absolute atomic E-state index is 13.3. The smallest absolute Gasteiger partial charge is 0.384 e. The fourth-order valence-corrected chi connectivity index (χ4v) is 4.97. The van der Waals surface area contributed by atoms with Crippen molar-refractivity contribution in [1.82, 2.24) is 24.7 Å². The van der Waals surface area contributed by atoms with Crippen LogP contribution in [0.4, 0.5) is 13.2 Å². The van der Waals surface area contributed by atoms with Gasteiger partial charge >= 0.3 is 6.18 Å². The first-order chi connectivity index (χ1) is 14.1. The highest BCUT2D eigenvalue weighted by Crippen LogP contribution is 2.58. The number of ether oxygens (including phenoxy) is 1. The molecule has 4 heterocycles. The zero-order valence-electron chi connectivity index (χ0n) is 15.9. The summed E-state index contributed by atoms with van der Waals surface area (Å²) in [6.07, 6.45) is -0.581. The lowest BCUT2D eigenvalue weighted by Gasteiger charge is -2.52. The molecule has 0 aromatic carbocycles. The highest BCUT2D eigenvalue weighted by Gasteiger charge is 2.69. The Morgan fingerprint density at radius 2 is 1.93 bits per heavy atom. The van der Waals surface area contributed by atoms with Crippen molar-refractivity contribution in [2.75, 3.05) is 7.11 Å². The van der Waals surface area contributed by atoms with Gasteiger partial charge in [-0.05, 0) is 12.1 Å². The number of pyridine rings is 1. The predicted molar refractivity (Wildman–Crippen MR) is 104 cm³/mol. The number of halogens is 3. The summed E-state index contributed by atoms with van der Waals surface area (Å²) in [7, 11) is 2.82. The predicted octanol–water partition coefficient (Wildman–Crippen LogP) is 3.57. The van der Waals surface area contributed by atoms with Crippen molar-refractivity contribution in [1.29, 1.82) is 0 Å². The second-order valence-electron chi connectivity index (χ2n) is 7.59. The zero-order valence-corrected chi connectivity index (χ0v) is 16.8. The van der Waals surface area contributed by atoms with Crippen LogP contribution in [0.1, 0.15) is 17.7 Å². The summed E-state index contributed by atoms with van der Waals surface area (Å²) in [4.78, 5) is 14.2. The van der Waals surface area contributed by atoms with Crippen LogP contribution in [0.2, 0.25) is 0 Å². The molecule has 4 aromatic heterocycles. The molecule has 5 rings (SSSR count). The summed E-state index contributed by atoms with van der Waals surface area (Å²) >= 11 is 1.16. The topological polar surface area (TPSA) is 86.0 Å². The molecular formula is C19H16F3N5O2S.